The molecule has 0 aliphatic carbocycles. The fourth-order valence-electron chi connectivity index (χ4n) is 1.66. The number of aromatic nitrogens is 2. The van der Waals surface area contributed by atoms with Crippen molar-refractivity contribution < 1.29 is 4.79 Å². The largest absolute Gasteiger partial charge is 0.351 e. The van der Waals surface area contributed by atoms with Crippen LogP contribution in [0.3, 0.4) is 0 Å². The summed E-state index contributed by atoms with van der Waals surface area (Å²) in [5, 5.41) is 7.21. The van der Waals surface area contributed by atoms with E-state index in [-0.39, 0.29) is 11.4 Å². The van der Waals surface area contributed by atoms with Gasteiger partial charge in [-0.3, -0.25) is 9.48 Å². The number of carbonyl (C=O) groups excluding carboxylic acids is 1. The zero-order chi connectivity index (χ0) is 12.7. The standard InChI is InChI=1S/C13H23N3O/c1-4-13(3,5-2)15-12(17)8-6-10-16-11-7-9-14-16/h7,9,11H,4-6,8,10H2,1-3H3,(H,15,17). The van der Waals surface area contributed by atoms with E-state index in [1.54, 1.807) is 6.20 Å². The number of nitrogens with zero attached hydrogens (tertiary/aromatic N) is 2. The van der Waals surface area contributed by atoms with Gasteiger partial charge in [0.05, 0.1) is 0 Å². The first-order valence-electron chi connectivity index (χ1n) is 6.38. The quantitative estimate of drug-likeness (QED) is 0.791. The van der Waals surface area contributed by atoms with Crippen LogP contribution in [-0.2, 0) is 11.3 Å². The highest BCUT2D eigenvalue weighted by molar-refractivity contribution is 5.76. The van der Waals surface area contributed by atoms with E-state index in [9.17, 15) is 4.79 Å². The Kier molecular flexibility index (Phi) is 5.19. The number of hydrogen-bond donors (Lipinski definition) is 1. The first-order chi connectivity index (χ1) is 8.09. The topological polar surface area (TPSA) is 46.9 Å². The Labute approximate surface area is 103 Å². The summed E-state index contributed by atoms with van der Waals surface area (Å²) in [6.45, 7) is 7.11. The van der Waals surface area contributed by atoms with Crippen LogP contribution in [0, 0.1) is 0 Å². The molecule has 0 unspecified atom stereocenters. The molecule has 17 heavy (non-hydrogen) atoms. The van der Waals surface area contributed by atoms with E-state index >= 15 is 0 Å². The van der Waals surface area contributed by atoms with Crippen LogP contribution in [0.25, 0.3) is 0 Å². The van der Waals surface area contributed by atoms with Crippen molar-refractivity contribution in [1.82, 2.24) is 15.1 Å². The van der Waals surface area contributed by atoms with Gasteiger partial charge in [-0.15, -0.1) is 0 Å². The first-order valence-corrected chi connectivity index (χ1v) is 6.38. The van der Waals surface area contributed by atoms with Crippen LogP contribution in [-0.4, -0.2) is 21.2 Å². The van der Waals surface area contributed by atoms with E-state index in [2.05, 4.69) is 31.2 Å². The molecule has 1 amide bonds. The van der Waals surface area contributed by atoms with Gasteiger partial charge in [-0.1, -0.05) is 13.8 Å². The third-order valence-electron chi connectivity index (χ3n) is 3.35. The van der Waals surface area contributed by atoms with E-state index in [0.717, 1.165) is 25.8 Å². The summed E-state index contributed by atoms with van der Waals surface area (Å²) in [5.74, 6) is 0.142. The van der Waals surface area contributed by atoms with Gasteiger partial charge in [-0.2, -0.15) is 5.10 Å². The molecule has 1 heterocycles. The van der Waals surface area contributed by atoms with Gasteiger partial charge in [0, 0.05) is 30.9 Å². The molecule has 0 aliphatic rings. The Morgan fingerprint density at radius 1 is 1.41 bits per heavy atom. The lowest BCUT2D eigenvalue weighted by atomic mass is 9.95. The van der Waals surface area contributed by atoms with Crippen LogP contribution >= 0.6 is 0 Å². The number of hydrogen-bond acceptors (Lipinski definition) is 2. The highest BCUT2D eigenvalue weighted by Gasteiger charge is 2.21. The van der Waals surface area contributed by atoms with E-state index in [1.165, 1.54) is 0 Å². The number of rotatable bonds is 7. The van der Waals surface area contributed by atoms with Crippen molar-refractivity contribution in [3.63, 3.8) is 0 Å². The van der Waals surface area contributed by atoms with Gasteiger partial charge in [0.2, 0.25) is 5.91 Å². The Hall–Kier alpha value is -1.32. The van der Waals surface area contributed by atoms with Gasteiger partial charge < -0.3 is 5.32 Å². The Balaban J connectivity index is 2.25. The molecule has 0 aromatic carbocycles. The molecule has 1 N–H and O–H groups in total. The van der Waals surface area contributed by atoms with E-state index in [4.69, 9.17) is 0 Å². The highest BCUT2D eigenvalue weighted by atomic mass is 16.1. The van der Waals surface area contributed by atoms with Crippen molar-refractivity contribution in [3.8, 4) is 0 Å². The van der Waals surface area contributed by atoms with Crippen molar-refractivity contribution >= 4 is 5.91 Å². The third kappa shape index (κ3) is 4.59. The molecule has 0 saturated carbocycles. The number of amides is 1. The molecular formula is C13H23N3O. The van der Waals surface area contributed by atoms with E-state index < -0.39 is 0 Å². The third-order valence-corrected chi connectivity index (χ3v) is 3.35. The van der Waals surface area contributed by atoms with Gasteiger partial charge in [-0.25, -0.2) is 0 Å². The van der Waals surface area contributed by atoms with Crippen LogP contribution in [0.1, 0.15) is 46.5 Å². The molecule has 4 nitrogen and oxygen atoms in total. The first kappa shape index (κ1) is 13.7. The Morgan fingerprint density at radius 2 is 2.12 bits per heavy atom. The van der Waals surface area contributed by atoms with Gasteiger partial charge >= 0.3 is 0 Å². The van der Waals surface area contributed by atoms with Crippen LogP contribution in [0.5, 0.6) is 0 Å². The van der Waals surface area contributed by atoms with Gasteiger partial charge in [0.15, 0.2) is 0 Å². The summed E-state index contributed by atoms with van der Waals surface area (Å²) in [6, 6.07) is 1.89. The smallest absolute Gasteiger partial charge is 0.220 e. The molecule has 4 heteroatoms. The summed E-state index contributed by atoms with van der Waals surface area (Å²) in [7, 11) is 0. The van der Waals surface area contributed by atoms with Crippen LogP contribution < -0.4 is 5.32 Å². The fraction of sp³-hybridized carbons (Fsp3) is 0.692. The van der Waals surface area contributed by atoms with E-state index in [0.29, 0.717) is 6.42 Å². The molecule has 0 fully saturated rings. The predicted octanol–water partition coefficient (Wildman–Crippen LogP) is 2.36. The van der Waals surface area contributed by atoms with Crippen molar-refractivity contribution in [1.29, 1.82) is 0 Å². The van der Waals surface area contributed by atoms with Crippen LogP contribution in [0.4, 0.5) is 0 Å². The van der Waals surface area contributed by atoms with Gasteiger partial charge in [0.25, 0.3) is 0 Å². The minimum absolute atomic E-state index is 0.0528. The van der Waals surface area contributed by atoms with Crippen molar-refractivity contribution in [2.75, 3.05) is 0 Å². The minimum Gasteiger partial charge on any atom is -0.351 e. The Bertz CT molecular complexity index is 328. The SMILES string of the molecule is CCC(C)(CC)NC(=O)CCCn1cccn1. The number of nitrogens with one attached hydrogen (secondary N) is 1. The lowest BCUT2D eigenvalue weighted by molar-refractivity contribution is -0.123. The molecule has 1 rings (SSSR count). The number of aryl methyl sites for hydroxylation is 1. The Morgan fingerprint density at radius 3 is 2.65 bits per heavy atom. The molecule has 1 aromatic heterocycles. The maximum Gasteiger partial charge on any atom is 0.220 e. The molecule has 0 spiro atoms. The molecule has 0 radical (unpaired) electrons. The van der Waals surface area contributed by atoms with Gasteiger partial charge in [-0.05, 0) is 32.3 Å². The predicted molar refractivity (Wildman–Crippen MR) is 68.6 cm³/mol. The monoisotopic (exact) mass is 237 g/mol. The molecule has 0 bridgehead atoms. The maximum atomic E-state index is 11.8. The second kappa shape index (κ2) is 6.42. The van der Waals surface area contributed by atoms with Crippen molar-refractivity contribution in [2.24, 2.45) is 0 Å². The zero-order valence-electron chi connectivity index (χ0n) is 11.1. The second-order valence-corrected chi connectivity index (χ2v) is 4.69. The molecule has 96 valence electrons. The zero-order valence-corrected chi connectivity index (χ0v) is 11.1. The highest BCUT2D eigenvalue weighted by Crippen LogP contribution is 2.13. The second-order valence-electron chi connectivity index (χ2n) is 4.69. The van der Waals surface area contributed by atoms with E-state index in [1.807, 2.05) is 16.9 Å². The molecular weight excluding hydrogens is 214 g/mol. The summed E-state index contributed by atoms with van der Waals surface area (Å²) in [6.07, 6.45) is 7.00. The van der Waals surface area contributed by atoms with Crippen LogP contribution in [0.2, 0.25) is 0 Å². The fourth-order valence-corrected chi connectivity index (χ4v) is 1.66. The maximum absolute atomic E-state index is 11.8. The van der Waals surface area contributed by atoms with Crippen molar-refractivity contribution in [3.05, 3.63) is 18.5 Å². The molecule has 1 aromatic rings. The van der Waals surface area contributed by atoms with Gasteiger partial charge in [0.1, 0.15) is 0 Å². The lowest BCUT2D eigenvalue weighted by Gasteiger charge is -2.28. The lowest BCUT2D eigenvalue weighted by Crippen LogP contribution is -2.44. The summed E-state index contributed by atoms with van der Waals surface area (Å²) < 4.78 is 1.85. The molecule has 0 saturated heterocycles. The minimum atomic E-state index is -0.0528. The molecule has 0 atom stereocenters. The number of carbonyl (C=O) groups is 1. The summed E-state index contributed by atoms with van der Waals surface area (Å²) in [4.78, 5) is 11.8. The van der Waals surface area contributed by atoms with Crippen LogP contribution in [0.15, 0.2) is 18.5 Å². The normalized spacial score (nSPS) is 11.5. The summed E-state index contributed by atoms with van der Waals surface area (Å²) in [5.41, 5.74) is -0.0528. The van der Waals surface area contributed by atoms with Crippen molar-refractivity contribution in [2.45, 2.75) is 58.5 Å². The summed E-state index contributed by atoms with van der Waals surface area (Å²) >= 11 is 0. The average Bonchev–Trinajstić information content (AvgIpc) is 2.82. The molecule has 0 aliphatic heterocycles. The average molecular weight is 237 g/mol.